The topological polar surface area (TPSA) is 86.5 Å². The maximum absolute atomic E-state index is 12.0. The molecule has 1 aromatic carbocycles. The van der Waals surface area contributed by atoms with Crippen LogP contribution in [0.5, 0.6) is 0 Å². The quantitative estimate of drug-likeness (QED) is 0.826. The van der Waals surface area contributed by atoms with Gasteiger partial charge in [-0.1, -0.05) is 42.5 Å². The van der Waals surface area contributed by atoms with E-state index in [4.69, 9.17) is 33.1 Å². The summed E-state index contributed by atoms with van der Waals surface area (Å²) in [5, 5.41) is 4.93. The molecule has 0 spiro atoms. The molecule has 1 aliphatic rings. The van der Waals surface area contributed by atoms with Crippen molar-refractivity contribution in [2.24, 2.45) is 11.1 Å². The fourth-order valence-corrected chi connectivity index (χ4v) is 3.48. The summed E-state index contributed by atoms with van der Waals surface area (Å²) in [5.74, 6) is -0.0700. The molecule has 5 nitrogen and oxygen atoms in total. The van der Waals surface area contributed by atoms with Crippen LogP contribution in [0.15, 0.2) is 17.0 Å². The minimum Gasteiger partial charge on any atom is -0.462 e. The van der Waals surface area contributed by atoms with Gasteiger partial charge in [-0.05, 0) is 24.5 Å². The fourth-order valence-electron chi connectivity index (χ4n) is 2.08. The van der Waals surface area contributed by atoms with Crippen LogP contribution >= 0.6 is 23.2 Å². The number of nitrogens with two attached hydrogens (primary N) is 1. The first-order chi connectivity index (χ1) is 9.79. The average molecular weight is 352 g/mol. The van der Waals surface area contributed by atoms with E-state index >= 15 is 0 Å². The van der Waals surface area contributed by atoms with Gasteiger partial charge in [-0.2, -0.15) is 0 Å². The largest absolute Gasteiger partial charge is 0.462 e. The SMILES string of the molecule is NS(=O)(=O)c1cc(C(=O)OCCC2CCC2)c(Cl)cc1Cl. The number of primary sulfonamides is 1. The number of hydrogen-bond donors (Lipinski definition) is 1. The maximum Gasteiger partial charge on any atom is 0.339 e. The fraction of sp³-hybridized carbons (Fsp3) is 0.462. The van der Waals surface area contributed by atoms with Crippen molar-refractivity contribution in [2.45, 2.75) is 30.6 Å². The Bertz CT molecular complexity index is 656. The molecule has 1 fully saturated rings. The van der Waals surface area contributed by atoms with E-state index in [1.54, 1.807) is 0 Å². The molecule has 0 amide bonds. The van der Waals surface area contributed by atoms with Crippen molar-refractivity contribution in [2.75, 3.05) is 6.61 Å². The molecule has 0 aromatic heterocycles. The number of halogens is 2. The molecule has 0 saturated heterocycles. The van der Waals surface area contributed by atoms with E-state index in [-0.39, 0.29) is 27.1 Å². The van der Waals surface area contributed by atoms with Crippen LogP contribution in [0.2, 0.25) is 10.0 Å². The van der Waals surface area contributed by atoms with Gasteiger partial charge in [0, 0.05) is 0 Å². The summed E-state index contributed by atoms with van der Waals surface area (Å²) in [6.45, 7) is 0.285. The van der Waals surface area contributed by atoms with Crippen LogP contribution in [0, 0.1) is 5.92 Å². The third kappa shape index (κ3) is 4.10. The van der Waals surface area contributed by atoms with Crippen molar-refractivity contribution in [3.05, 3.63) is 27.7 Å². The highest BCUT2D eigenvalue weighted by atomic mass is 35.5. The van der Waals surface area contributed by atoms with E-state index in [1.807, 2.05) is 0 Å². The third-order valence-electron chi connectivity index (χ3n) is 3.53. The van der Waals surface area contributed by atoms with Gasteiger partial charge in [-0.15, -0.1) is 0 Å². The molecular weight excluding hydrogens is 337 g/mol. The lowest BCUT2D eigenvalue weighted by atomic mass is 9.83. The summed E-state index contributed by atoms with van der Waals surface area (Å²) in [4.78, 5) is 11.6. The third-order valence-corrected chi connectivity index (χ3v) is 5.22. The molecule has 1 saturated carbocycles. The van der Waals surface area contributed by atoms with Crippen LogP contribution in [-0.4, -0.2) is 21.0 Å². The number of hydrogen-bond acceptors (Lipinski definition) is 4. The summed E-state index contributed by atoms with van der Waals surface area (Å²) in [6.07, 6.45) is 4.35. The van der Waals surface area contributed by atoms with E-state index < -0.39 is 16.0 Å². The van der Waals surface area contributed by atoms with E-state index in [1.165, 1.54) is 12.5 Å². The Morgan fingerprint density at radius 1 is 1.29 bits per heavy atom. The Kier molecular flexibility index (Phi) is 5.14. The molecular formula is C13H15Cl2NO4S. The Labute approximate surface area is 133 Å². The van der Waals surface area contributed by atoms with Gasteiger partial charge in [0.25, 0.3) is 0 Å². The predicted molar refractivity (Wildman–Crippen MR) is 80.1 cm³/mol. The van der Waals surface area contributed by atoms with Crippen molar-refractivity contribution in [1.82, 2.24) is 0 Å². The molecule has 0 heterocycles. The maximum atomic E-state index is 12.0. The van der Waals surface area contributed by atoms with Gasteiger partial charge < -0.3 is 4.74 Å². The molecule has 0 bridgehead atoms. The van der Waals surface area contributed by atoms with Gasteiger partial charge in [0.1, 0.15) is 4.90 Å². The van der Waals surface area contributed by atoms with E-state index in [9.17, 15) is 13.2 Å². The number of sulfonamides is 1. The van der Waals surface area contributed by atoms with E-state index in [0.717, 1.165) is 25.3 Å². The first-order valence-corrected chi connectivity index (χ1v) is 8.78. The van der Waals surface area contributed by atoms with Gasteiger partial charge >= 0.3 is 5.97 Å². The lowest BCUT2D eigenvalue weighted by molar-refractivity contribution is 0.0464. The predicted octanol–water partition coefficient (Wildman–Crippen LogP) is 2.99. The number of esters is 1. The van der Waals surface area contributed by atoms with Crippen LogP contribution in [0.1, 0.15) is 36.0 Å². The molecule has 0 aliphatic heterocycles. The zero-order valence-electron chi connectivity index (χ0n) is 11.1. The van der Waals surface area contributed by atoms with Crippen LogP contribution in [0.3, 0.4) is 0 Å². The number of carbonyl (C=O) groups excluding carboxylic acids is 1. The summed E-state index contributed by atoms with van der Waals surface area (Å²) in [5.41, 5.74) is -0.0568. The van der Waals surface area contributed by atoms with Crippen molar-refractivity contribution < 1.29 is 17.9 Å². The smallest absolute Gasteiger partial charge is 0.339 e. The van der Waals surface area contributed by atoms with Crippen molar-refractivity contribution in [1.29, 1.82) is 0 Å². The Hall–Kier alpha value is -0.820. The number of carbonyl (C=O) groups is 1. The van der Waals surface area contributed by atoms with E-state index in [2.05, 4.69) is 0 Å². The Morgan fingerprint density at radius 2 is 1.95 bits per heavy atom. The molecule has 0 radical (unpaired) electrons. The van der Waals surface area contributed by atoms with Gasteiger partial charge in [-0.25, -0.2) is 18.4 Å². The number of benzene rings is 1. The normalized spacial score (nSPS) is 15.6. The number of ether oxygens (including phenoxy) is 1. The number of rotatable bonds is 5. The second-order valence-electron chi connectivity index (χ2n) is 5.03. The van der Waals surface area contributed by atoms with Crippen LogP contribution < -0.4 is 5.14 Å². The monoisotopic (exact) mass is 351 g/mol. The van der Waals surface area contributed by atoms with Crippen molar-refractivity contribution in [3.63, 3.8) is 0 Å². The first kappa shape index (κ1) is 16.5. The highest BCUT2D eigenvalue weighted by Crippen LogP contribution is 2.30. The van der Waals surface area contributed by atoms with E-state index in [0.29, 0.717) is 5.92 Å². The lowest BCUT2D eigenvalue weighted by Gasteiger charge is -2.24. The molecule has 21 heavy (non-hydrogen) atoms. The molecule has 1 aromatic rings. The molecule has 2 N–H and O–H groups in total. The average Bonchev–Trinajstić information content (AvgIpc) is 2.30. The summed E-state index contributed by atoms with van der Waals surface area (Å²) in [6, 6.07) is 2.22. The van der Waals surface area contributed by atoms with Gasteiger partial charge in [0.15, 0.2) is 0 Å². The highest BCUT2D eigenvalue weighted by molar-refractivity contribution is 7.89. The summed E-state index contributed by atoms with van der Waals surface area (Å²) < 4.78 is 27.9. The second-order valence-corrected chi connectivity index (χ2v) is 7.37. The summed E-state index contributed by atoms with van der Waals surface area (Å²) >= 11 is 11.7. The first-order valence-electron chi connectivity index (χ1n) is 6.48. The van der Waals surface area contributed by atoms with Gasteiger partial charge in [0.05, 0.1) is 22.2 Å². The molecule has 2 rings (SSSR count). The van der Waals surface area contributed by atoms with Gasteiger partial charge in [0.2, 0.25) is 10.0 Å². The zero-order chi connectivity index (χ0) is 15.6. The standard InChI is InChI=1S/C13H15Cl2NO4S/c14-10-7-11(15)12(21(16,18)19)6-9(10)13(17)20-5-4-8-2-1-3-8/h6-8H,1-5H2,(H2,16,18,19). The second kappa shape index (κ2) is 6.52. The lowest BCUT2D eigenvalue weighted by Crippen LogP contribution is -2.17. The Morgan fingerprint density at radius 3 is 2.48 bits per heavy atom. The van der Waals surface area contributed by atoms with Crippen LogP contribution in [0.25, 0.3) is 0 Å². The molecule has 1 aliphatic carbocycles. The van der Waals surface area contributed by atoms with Crippen LogP contribution in [-0.2, 0) is 14.8 Å². The molecule has 8 heteroatoms. The minimum absolute atomic E-state index is 0.0287. The minimum atomic E-state index is -4.03. The summed E-state index contributed by atoms with van der Waals surface area (Å²) in [7, 11) is -4.03. The molecule has 116 valence electrons. The van der Waals surface area contributed by atoms with Crippen molar-refractivity contribution >= 4 is 39.2 Å². The highest BCUT2D eigenvalue weighted by Gasteiger charge is 2.22. The molecule has 0 unspecified atom stereocenters. The zero-order valence-corrected chi connectivity index (χ0v) is 13.5. The Balaban J connectivity index is 2.12. The molecule has 0 atom stereocenters. The van der Waals surface area contributed by atoms with Crippen LogP contribution in [0.4, 0.5) is 0 Å². The van der Waals surface area contributed by atoms with Gasteiger partial charge in [-0.3, -0.25) is 0 Å². The van der Waals surface area contributed by atoms with Crippen molar-refractivity contribution in [3.8, 4) is 0 Å².